The van der Waals surface area contributed by atoms with E-state index in [1.807, 2.05) is 4.90 Å². The number of aromatic carboxylic acids is 1. The predicted molar refractivity (Wildman–Crippen MR) is 81.4 cm³/mol. The summed E-state index contributed by atoms with van der Waals surface area (Å²) in [6.45, 7) is 2.69. The van der Waals surface area contributed by atoms with Crippen LogP contribution in [0.2, 0.25) is 6.32 Å². The fraction of sp³-hybridized carbons (Fsp3) is 0.429. The quantitative estimate of drug-likeness (QED) is 0.247. The fourth-order valence-electron chi connectivity index (χ4n) is 2.73. The molecule has 0 radical (unpaired) electrons. The number of amidine groups is 1. The van der Waals surface area contributed by atoms with Crippen molar-refractivity contribution in [2.24, 2.45) is 5.16 Å². The molecule has 1 aromatic carbocycles. The van der Waals surface area contributed by atoms with Crippen LogP contribution in [0.1, 0.15) is 22.8 Å². The summed E-state index contributed by atoms with van der Waals surface area (Å²) in [5.74, 6) is -0.276. The molecular weight excluding hydrogens is 303 g/mol. The summed E-state index contributed by atoms with van der Waals surface area (Å²) in [7, 11) is -1.00. The molecule has 2 heterocycles. The lowest BCUT2D eigenvalue weighted by Crippen LogP contribution is -2.55. The molecule has 0 spiro atoms. The first kappa shape index (κ1) is 15.5. The van der Waals surface area contributed by atoms with Gasteiger partial charge in [0.25, 0.3) is 0 Å². The smallest absolute Gasteiger partial charge is 0.522 e. The van der Waals surface area contributed by atoms with Gasteiger partial charge in [-0.1, -0.05) is 11.2 Å². The zero-order valence-electron chi connectivity index (χ0n) is 12.6. The Morgan fingerprint density at radius 3 is 2.87 bits per heavy atom. The number of carbonyl (C=O) groups is 1. The highest BCUT2D eigenvalue weighted by Crippen LogP contribution is 2.37. The van der Waals surface area contributed by atoms with Crippen LogP contribution in [0.4, 0.5) is 0 Å². The maximum absolute atomic E-state index is 11.6. The van der Waals surface area contributed by atoms with E-state index in [1.165, 1.54) is 0 Å². The zero-order chi connectivity index (χ0) is 16.6. The molecule has 1 saturated heterocycles. The first-order valence-electron chi connectivity index (χ1n) is 7.33. The number of ether oxygens (including phenoxy) is 1. The van der Waals surface area contributed by atoms with E-state index in [1.54, 1.807) is 19.1 Å². The standard InChI is InChI=1S/C14H17BN2O6/c1-8(16-21)17-6-10(7-17)22-11-3-2-9-4-5-15(20)23-13(9)12(11)14(18)19/h2-3,10,20-21H,4-7H2,1H3,(H,18,19). The molecule has 2 aliphatic heterocycles. The Balaban J connectivity index is 1.81. The number of hydrogen-bond donors (Lipinski definition) is 3. The SMILES string of the molecule is CC(=NO)N1CC(Oc2ccc3c(c2C(=O)O)OB(O)CC3)C1. The van der Waals surface area contributed by atoms with Crippen molar-refractivity contribution in [3.05, 3.63) is 23.3 Å². The Labute approximate surface area is 133 Å². The molecule has 2 aliphatic rings. The van der Waals surface area contributed by atoms with Gasteiger partial charge in [-0.3, -0.25) is 0 Å². The molecule has 1 aromatic rings. The van der Waals surface area contributed by atoms with Crippen LogP contribution in [0.5, 0.6) is 11.5 Å². The number of carboxylic acids is 1. The van der Waals surface area contributed by atoms with Crippen molar-refractivity contribution >= 4 is 18.9 Å². The van der Waals surface area contributed by atoms with Gasteiger partial charge in [-0.2, -0.15) is 0 Å². The molecule has 122 valence electrons. The molecule has 3 rings (SSSR count). The van der Waals surface area contributed by atoms with E-state index in [0.29, 0.717) is 31.7 Å². The highest BCUT2D eigenvalue weighted by atomic mass is 16.5. The Morgan fingerprint density at radius 1 is 1.48 bits per heavy atom. The number of benzene rings is 1. The van der Waals surface area contributed by atoms with Crippen molar-refractivity contribution in [1.29, 1.82) is 0 Å². The van der Waals surface area contributed by atoms with Gasteiger partial charge in [0, 0.05) is 0 Å². The van der Waals surface area contributed by atoms with Crippen molar-refractivity contribution in [2.45, 2.75) is 25.8 Å². The van der Waals surface area contributed by atoms with Gasteiger partial charge in [-0.05, 0) is 31.3 Å². The maximum atomic E-state index is 11.6. The Bertz CT molecular complexity index is 659. The molecule has 0 unspecified atom stereocenters. The highest BCUT2D eigenvalue weighted by molar-refractivity contribution is 6.44. The van der Waals surface area contributed by atoms with Crippen LogP contribution in [-0.2, 0) is 6.42 Å². The third-order valence-electron chi connectivity index (χ3n) is 4.07. The van der Waals surface area contributed by atoms with Gasteiger partial charge in [0.1, 0.15) is 29.0 Å². The van der Waals surface area contributed by atoms with Crippen LogP contribution >= 0.6 is 0 Å². The van der Waals surface area contributed by atoms with Crippen LogP contribution in [0.25, 0.3) is 0 Å². The molecule has 3 N–H and O–H groups in total. The van der Waals surface area contributed by atoms with Crippen LogP contribution < -0.4 is 9.39 Å². The number of rotatable bonds is 3. The molecule has 8 nitrogen and oxygen atoms in total. The lowest BCUT2D eigenvalue weighted by Gasteiger charge is -2.40. The lowest BCUT2D eigenvalue weighted by molar-refractivity contribution is 0.0582. The van der Waals surface area contributed by atoms with Gasteiger partial charge in [0.05, 0.1) is 13.1 Å². The summed E-state index contributed by atoms with van der Waals surface area (Å²) < 4.78 is 11.1. The van der Waals surface area contributed by atoms with Gasteiger partial charge < -0.3 is 29.6 Å². The van der Waals surface area contributed by atoms with Crippen LogP contribution in [0.3, 0.4) is 0 Å². The normalized spacial score (nSPS) is 18.1. The first-order valence-corrected chi connectivity index (χ1v) is 7.33. The lowest BCUT2D eigenvalue weighted by atomic mass is 9.78. The highest BCUT2D eigenvalue weighted by Gasteiger charge is 2.34. The first-order chi connectivity index (χ1) is 11.0. The summed E-state index contributed by atoms with van der Waals surface area (Å²) in [6.07, 6.45) is 0.792. The van der Waals surface area contributed by atoms with E-state index in [9.17, 15) is 14.9 Å². The van der Waals surface area contributed by atoms with Gasteiger partial charge >= 0.3 is 13.1 Å². The van der Waals surface area contributed by atoms with Gasteiger partial charge in [0.2, 0.25) is 0 Å². The minimum absolute atomic E-state index is 0.0627. The number of carboxylic acid groups (broad SMARTS) is 1. The summed E-state index contributed by atoms with van der Waals surface area (Å²) in [5.41, 5.74) is 0.686. The number of fused-ring (bicyclic) bond motifs is 1. The second-order valence-corrected chi connectivity index (χ2v) is 5.64. The van der Waals surface area contributed by atoms with Crippen molar-refractivity contribution < 1.29 is 29.5 Å². The third-order valence-corrected chi connectivity index (χ3v) is 4.07. The van der Waals surface area contributed by atoms with Crippen LogP contribution in [0.15, 0.2) is 17.3 Å². The van der Waals surface area contributed by atoms with Crippen molar-refractivity contribution in [3.8, 4) is 11.5 Å². The Hall–Kier alpha value is -2.42. The van der Waals surface area contributed by atoms with E-state index >= 15 is 0 Å². The second kappa shape index (κ2) is 6.00. The second-order valence-electron chi connectivity index (χ2n) is 5.64. The number of hydrogen-bond acceptors (Lipinski definition) is 6. The van der Waals surface area contributed by atoms with Gasteiger partial charge in [0.15, 0.2) is 0 Å². The third kappa shape index (κ3) is 2.91. The molecule has 23 heavy (non-hydrogen) atoms. The molecule has 0 aromatic heterocycles. The minimum atomic E-state index is -1.16. The minimum Gasteiger partial charge on any atom is -0.535 e. The average molecular weight is 320 g/mol. The Kier molecular flexibility index (Phi) is 4.04. The number of oxime groups is 1. The van der Waals surface area contributed by atoms with Crippen LogP contribution in [0, 0.1) is 0 Å². The number of aryl methyl sites for hydroxylation is 1. The molecule has 0 amide bonds. The summed E-state index contributed by atoms with van der Waals surface area (Å²) in [4.78, 5) is 13.4. The molecule has 0 saturated carbocycles. The van der Waals surface area contributed by atoms with E-state index in [0.717, 1.165) is 5.56 Å². The Morgan fingerprint density at radius 2 is 2.22 bits per heavy atom. The topological polar surface area (TPSA) is 112 Å². The van der Waals surface area contributed by atoms with E-state index in [-0.39, 0.29) is 23.2 Å². The van der Waals surface area contributed by atoms with E-state index in [4.69, 9.17) is 14.6 Å². The van der Waals surface area contributed by atoms with Crippen molar-refractivity contribution in [2.75, 3.05) is 13.1 Å². The van der Waals surface area contributed by atoms with Gasteiger partial charge in [-0.15, -0.1) is 0 Å². The number of likely N-dealkylation sites (tertiary alicyclic amines) is 1. The maximum Gasteiger partial charge on any atom is 0.522 e. The summed E-state index contributed by atoms with van der Waals surface area (Å²) in [6, 6.07) is 3.39. The molecule has 1 fully saturated rings. The van der Waals surface area contributed by atoms with Crippen molar-refractivity contribution in [3.63, 3.8) is 0 Å². The molecule has 0 bridgehead atoms. The van der Waals surface area contributed by atoms with Gasteiger partial charge in [-0.25, -0.2) is 4.79 Å². The molecular formula is C14H17BN2O6. The zero-order valence-corrected chi connectivity index (χ0v) is 12.6. The average Bonchev–Trinajstić information content (AvgIpc) is 2.48. The fourth-order valence-corrected chi connectivity index (χ4v) is 2.73. The largest absolute Gasteiger partial charge is 0.535 e. The summed E-state index contributed by atoms with van der Waals surface area (Å²) >= 11 is 0. The van der Waals surface area contributed by atoms with Crippen LogP contribution in [-0.4, -0.2) is 58.4 Å². The molecule has 0 aliphatic carbocycles. The van der Waals surface area contributed by atoms with E-state index < -0.39 is 13.1 Å². The monoisotopic (exact) mass is 320 g/mol. The molecule has 0 atom stereocenters. The summed E-state index contributed by atoms with van der Waals surface area (Å²) in [5, 5.41) is 30.9. The number of nitrogens with zero attached hydrogens (tertiary/aromatic N) is 2. The predicted octanol–water partition coefficient (Wildman–Crippen LogP) is 0.671. The molecule has 9 heteroatoms. The van der Waals surface area contributed by atoms with E-state index in [2.05, 4.69) is 5.16 Å². The van der Waals surface area contributed by atoms with Crippen molar-refractivity contribution in [1.82, 2.24) is 4.90 Å².